The molecule has 0 aliphatic rings. The minimum Gasteiger partial charge on any atom is -0.365 e. The third-order valence-electron chi connectivity index (χ3n) is 4.87. The van der Waals surface area contributed by atoms with Gasteiger partial charge < -0.3 is 10.6 Å². The SMILES string of the molecule is CC(=O)c1ccc(NC(=O)CCc2nnc3ccc(NCc4ccc(Cl)cc4)nn23)cc1. The summed E-state index contributed by atoms with van der Waals surface area (Å²) in [6, 6.07) is 18.0. The molecule has 9 heteroatoms. The molecule has 0 atom stereocenters. The van der Waals surface area contributed by atoms with Crippen LogP contribution in [0.3, 0.4) is 0 Å². The van der Waals surface area contributed by atoms with Gasteiger partial charge in [-0.15, -0.1) is 15.3 Å². The Kier molecular flexibility index (Phi) is 6.42. The van der Waals surface area contributed by atoms with Crippen LogP contribution in [0.15, 0.2) is 60.7 Å². The highest BCUT2D eigenvalue weighted by atomic mass is 35.5. The molecule has 0 unspecified atom stereocenters. The molecule has 0 bridgehead atoms. The van der Waals surface area contributed by atoms with Crippen LogP contribution in [0.4, 0.5) is 11.5 Å². The van der Waals surface area contributed by atoms with Crippen molar-refractivity contribution in [3.05, 3.63) is 82.6 Å². The third-order valence-corrected chi connectivity index (χ3v) is 5.12. The zero-order chi connectivity index (χ0) is 22.5. The van der Waals surface area contributed by atoms with Gasteiger partial charge in [0.05, 0.1) is 0 Å². The molecule has 2 aromatic heterocycles. The molecule has 0 fully saturated rings. The normalized spacial score (nSPS) is 10.8. The predicted molar refractivity (Wildman–Crippen MR) is 123 cm³/mol. The largest absolute Gasteiger partial charge is 0.365 e. The van der Waals surface area contributed by atoms with Gasteiger partial charge in [0.2, 0.25) is 5.91 Å². The number of carbonyl (C=O) groups is 2. The lowest BCUT2D eigenvalue weighted by atomic mass is 10.1. The summed E-state index contributed by atoms with van der Waals surface area (Å²) >= 11 is 5.92. The van der Waals surface area contributed by atoms with Gasteiger partial charge in [-0.3, -0.25) is 9.59 Å². The van der Waals surface area contributed by atoms with Crippen LogP contribution in [0.25, 0.3) is 5.65 Å². The lowest BCUT2D eigenvalue weighted by molar-refractivity contribution is -0.116. The van der Waals surface area contributed by atoms with E-state index in [-0.39, 0.29) is 18.1 Å². The summed E-state index contributed by atoms with van der Waals surface area (Å²) in [5.41, 5.74) is 2.92. The average Bonchev–Trinajstić information content (AvgIpc) is 3.20. The van der Waals surface area contributed by atoms with Crippen molar-refractivity contribution in [2.75, 3.05) is 10.6 Å². The fraction of sp³-hybridized carbons (Fsp3) is 0.174. The van der Waals surface area contributed by atoms with Crippen molar-refractivity contribution in [3.8, 4) is 0 Å². The van der Waals surface area contributed by atoms with Crippen molar-refractivity contribution in [1.82, 2.24) is 19.8 Å². The first kappa shape index (κ1) is 21.5. The number of hydrogen-bond acceptors (Lipinski definition) is 6. The van der Waals surface area contributed by atoms with Crippen LogP contribution in [-0.4, -0.2) is 31.5 Å². The highest BCUT2D eigenvalue weighted by Crippen LogP contribution is 2.14. The minimum absolute atomic E-state index is 0.0175. The molecule has 2 N–H and O–H groups in total. The number of nitrogens with zero attached hydrogens (tertiary/aromatic N) is 4. The van der Waals surface area contributed by atoms with E-state index in [1.165, 1.54) is 6.92 Å². The first-order chi connectivity index (χ1) is 15.5. The highest BCUT2D eigenvalue weighted by Gasteiger charge is 2.11. The van der Waals surface area contributed by atoms with Crippen LogP contribution in [0, 0.1) is 0 Å². The van der Waals surface area contributed by atoms with E-state index >= 15 is 0 Å². The summed E-state index contributed by atoms with van der Waals surface area (Å²) < 4.78 is 1.64. The van der Waals surface area contributed by atoms with Gasteiger partial charge in [0.25, 0.3) is 0 Å². The van der Waals surface area contributed by atoms with Gasteiger partial charge in [0, 0.05) is 35.7 Å². The summed E-state index contributed by atoms with van der Waals surface area (Å²) in [5, 5.41) is 19.6. The smallest absolute Gasteiger partial charge is 0.224 e. The monoisotopic (exact) mass is 448 g/mol. The van der Waals surface area contributed by atoms with Gasteiger partial charge in [-0.1, -0.05) is 23.7 Å². The number of ketones is 1. The van der Waals surface area contributed by atoms with Crippen LogP contribution >= 0.6 is 11.6 Å². The van der Waals surface area contributed by atoms with E-state index in [0.29, 0.717) is 46.5 Å². The standard InChI is InChI=1S/C23H21ClN6O2/c1-15(31)17-4-8-19(9-5-17)26-23(32)13-12-22-28-27-21-11-10-20(29-30(21)22)25-14-16-2-6-18(24)7-3-16/h2-11H,12-14H2,1H3,(H,25,29)(H,26,32). The van der Waals surface area contributed by atoms with Crippen molar-refractivity contribution in [2.24, 2.45) is 0 Å². The van der Waals surface area contributed by atoms with Gasteiger partial charge in [-0.05, 0) is 61.0 Å². The van der Waals surface area contributed by atoms with Crippen molar-refractivity contribution in [2.45, 2.75) is 26.3 Å². The molecule has 4 rings (SSSR count). The zero-order valence-electron chi connectivity index (χ0n) is 17.4. The average molecular weight is 449 g/mol. The van der Waals surface area contributed by atoms with Crippen molar-refractivity contribution < 1.29 is 9.59 Å². The van der Waals surface area contributed by atoms with Crippen molar-refractivity contribution in [3.63, 3.8) is 0 Å². The number of carbonyl (C=O) groups excluding carboxylic acids is 2. The van der Waals surface area contributed by atoms with Gasteiger partial charge in [-0.25, -0.2) is 0 Å². The summed E-state index contributed by atoms with van der Waals surface area (Å²) in [5.74, 6) is 1.09. The number of anilines is 2. The van der Waals surface area contributed by atoms with Crippen molar-refractivity contribution >= 4 is 40.4 Å². The Morgan fingerprint density at radius 1 is 0.969 bits per heavy atom. The summed E-state index contributed by atoms with van der Waals surface area (Å²) in [6.45, 7) is 2.10. The Hall–Kier alpha value is -3.78. The van der Waals surface area contributed by atoms with E-state index in [1.54, 1.807) is 28.8 Å². The number of benzene rings is 2. The number of halogens is 1. The molecule has 0 radical (unpaired) electrons. The van der Waals surface area contributed by atoms with E-state index in [1.807, 2.05) is 36.4 Å². The minimum atomic E-state index is -0.158. The van der Waals surface area contributed by atoms with Gasteiger partial charge in [0.15, 0.2) is 17.3 Å². The number of hydrogen-bond donors (Lipinski definition) is 2. The number of nitrogens with one attached hydrogen (secondary N) is 2. The maximum absolute atomic E-state index is 12.3. The summed E-state index contributed by atoms with van der Waals surface area (Å²) in [6.07, 6.45) is 0.603. The Labute approximate surface area is 189 Å². The molecule has 0 spiro atoms. The number of Topliss-reactive ketones (excluding diaryl/α,β-unsaturated/α-hetero) is 1. The Balaban J connectivity index is 1.37. The second-order valence-electron chi connectivity index (χ2n) is 7.27. The molecule has 1 amide bonds. The Morgan fingerprint density at radius 3 is 2.44 bits per heavy atom. The fourth-order valence-electron chi connectivity index (χ4n) is 3.12. The zero-order valence-corrected chi connectivity index (χ0v) is 18.1. The fourth-order valence-corrected chi connectivity index (χ4v) is 3.24. The molecule has 4 aromatic rings. The molecule has 32 heavy (non-hydrogen) atoms. The number of amides is 1. The van der Waals surface area contributed by atoms with Crippen LogP contribution in [0.2, 0.25) is 5.02 Å². The maximum Gasteiger partial charge on any atom is 0.224 e. The van der Waals surface area contributed by atoms with E-state index in [9.17, 15) is 9.59 Å². The van der Waals surface area contributed by atoms with Crippen LogP contribution in [-0.2, 0) is 17.8 Å². The van der Waals surface area contributed by atoms with Gasteiger partial charge in [0.1, 0.15) is 5.82 Å². The number of rotatable bonds is 8. The highest BCUT2D eigenvalue weighted by molar-refractivity contribution is 6.30. The quantitative estimate of drug-likeness (QED) is 0.392. The van der Waals surface area contributed by atoms with E-state index in [0.717, 1.165) is 5.56 Å². The maximum atomic E-state index is 12.3. The third kappa shape index (κ3) is 5.28. The molecule has 0 aliphatic heterocycles. The van der Waals surface area contributed by atoms with E-state index < -0.39 is 0 Å². The predicted octanol–water partition coefficient (Wildman–Crippen LogP) is 4.16. The van der Waals surface area contributed by atoms with Gasteiger partial charge in [-0.2, -0.15) is 4.52 Å². The molecular formula is C23H21ClN6O2. The lowest BCUT2D eigenvalue weighted by Crippen LogP contribution is -2.14. The molecule has 162 valence electrons. The first-order valence-corrected chi connectivity index (χ1v) is 10.5. The first-order valence-electron chi connectivity index (χ1n) is 10.1. The molecule has 8 nitrogen and oxygen atoms in total. The van der Waals surface area contributed by atoms with E-state index in [2.05, 4.69) is 25.9 Å². The molecule has 0 aliphatic carbocycles. The topological polar surface area (TPSA) is 101 Å². The van der Waals surface area contributed by atoms with Crippen LogP contribution in [0.5, 0.6) is 0 Å². The molecular weight excluding hydrogens is 428 g/mol. The summed E-state index contributed by atoms with van der Waals surface area (Å²) in [7, 11) is 0. The lowest BCUT2D eigenvalue weighted by Gasteiger charge is -2.07. The Bertz CT molecular complexity index is 1250. The molecule has 2 aromatic carbocycles. The number of aromatic nitrogens is 4. The second-order valence-corrected chi connectivity index (χ2v) is 7.70. The van der Waals surface area contributed by atoms with Crippen molar-refractivity contribution in [1.29, 1.82) is 0 Å². The number of aryl methyl sites for hydroxylation is 1. The Morgan fingerprint density at radius 2 is 1.72 bits per heavy atom. The van der Waals surface area contributed by atoms with E-state index in [4.69, 9.17) is 11.6 Å². The van der Waals surface area contributed by atoms with Crippen LogP contribution < -0.4 is 10.6 Å². The summed E-state index contributed by atoms with van der Waals surface area (Å²) in [4.78, 5) is 23.7. The second kappa shape index (κ2) is 9.57. The van der Waals surface area contributed by atoms with Crippen LogP contribution in [0.1, 0.15) is 35.1 Å². The molecule has 2 heterocycles. The molecule has 0 saturated heterocycles. The van der Waals surface area contributed by atoms with Gasteiger partial charge >= 0.3 is 0 Å². The number of fused-ring (bicyclic) bond motifs is 1. The molecule has 0 saturated carbocycles.